The Labute approximate surface area is 263 Å². The molecule has 1 aromatic heterocycles. The number of carbonyl (C=O) groups is 2. The molecule has 0 bridgehead atoms. The number of fused-ring (bicyclic) bond motifs is 1. The van der Waals surface area contributed by atoms with Crippen molar-refractivity contribution in [2.24, 2.45) is 0 Å². The van der Waals surface area contributed by atoms with Gasteiger partial charge in [-0.3, -0.25) is 9.59 Å². The molecule has 1 atom stereocenters. The maximum atomic E-state index is 14.1. The number of benzene rings is 2. The highest BCUT2D eigenvalue weighted by molar-refractivity contribution is 9.10. The number of rotatable bonds is 9. The summed E-state index contributed by atoms with van der Waals surface area (Å²) in [6, 6.07) is 9.79. The molecule has 226 valence electrons. The third-order valence-corrected chi connectivity index (χ3v) is 6.71. The Balaban J connectivity index is 1.80. The van der Waals surface area contributed by atoms with Crippen LogP contribution < -0.4 is 15.0 Å². The second-order valence-electron chi connectivity index (χ2n) is 10.5. The summed E-state index contributed by atoms with van der Waals surface area (Å²) in [5.74, 6) is -3.46. The maximum Gasteiger partial charge on any atom is 0.573 e. The summed E-state index contributed by atoms with van der Waals surface area (Å²) in [5.41, 5.74) is -1.01. The summed E-state index contributed by atoms with van der Waals surface area (Å²) < 4.78 is 117. The smallest absolute Gasteiger partial charge is 0.460 e. The number of para-hydroxylation sites is 1. The zero-order chi connectivity index (χ0) is 37.8. The number of hydrogen-bond donors (Lipinski definition) is 1. The lowest BCUT2D eigenvalue weighted by molar-refractivity contribution is -0.275. The van der Waals surface area contributed by atoms with Gasteiger partial charge in [0.1, 0.15) is 17.2 Å². The SMILES string of the molecule is [2H]C1([2H])N(c2nc3ccc(Br)cc3c(C(=O)NCC(CCC(=O)OC(C)(C)C)c3ccccc3OC(F)(F)F)c2C)C([2H])([2H])C([2H])([2H])C1([2H])[2H]. The highest BCUT2D eigenvalue weighted by Gasteiger charge is 2.33. The monoisotopic (exact) mass is 657 g/mol. The minimum Gasteiger partial charge on any atom is -0.460 e. The average Bonchev–Trinajstić information content (AvgIpc) is 3.02. The van der Waals surface area contributed by atoms with Crippen LogP contribution in [0.3, 0.4) is 0 Å². The van der Waals surface area contributed by atoms with Crippen molar-refractivity contribution in [2.75, 3.05) is 24.4 Å². The van der Waals surface area contributed by atoms with Crippen LogP contribution in [-0.4, -0.2) is 48.4 Å². The predicted octanol–water partition coefficient (Wildman–Crippen LogP) is 7.44. The summed E-state index contributed by atoms with van der Waals surface area (Å²) in [5, 5.41) is 2.88. The minimum absolute atomic E-state index is 0.0383. The summed E-state index contributed by atoms with van der Waals surface area (Å²) in [4.78, 5) is 31.3. The fourth-order valence-electron chi connectivity index (χ4n) is 4.52. The first-order valence-corrected chi connectivity index (χ1v) is 13.8. The van der Waals surface area contributed by atoms with Crippen molar-refractivity contribution >= 4 is 44.5 Å². The van der Waals surface area contributed by atoms with Gasteiger partial charge in [-0.1, -0.05) is 34.1 Å². The van der Waals surface area contributed by atoms with E-state index in [4.69, 9.17) is 15.7 Å². The standard InChI is InChI=1S/C31H35BrF3N3O4/c1-19-27(23-17-21(32)12-13-24(23)37-28(19)38-15-7-8-16-38)29(40)36-18-20(11-14-26(39)42-30(2,3)4)22-9-5-6-10-25(22)41-31(33,34)35/h5-6,9-10,12-13,17,20H,7-8,11,14-16,18H2,1-4H3,(H,36,40)/i7D2,8D2,15D2,16D2. The lowest BCUT2D eigenvalue weighted by Gasteiger charge is -2.24. The Bertz CT molecular complexity index is 1780. The molecule has 0 radical (unpaired) electrons. The molecule has 7 nitrogen and oxygen atoms in total. The van der Waals surface area contributed by atoms with Crippen LogP contribution in [0.1, 0.15) is 84.7 Å². The average molecular weight is 659 g/mol. The van der Waals surface area contributed by atoms with Crippen molar-refractivity contribution in [3.8, 4) is 5.75 Å². The maximum absolute atomic E-state index is 14.1. The Kier molecular flexibility index (Phi) is 6.82. The van der Waals surface area contributed by atoms with Crippen LogP contribution in [0.5, 0.6) is 5.75 Å². The van der Waals surface area contributed by atoms with Crippen molar-refractivity contribution in [1.82, 2.24) is 10.3 Å². The normalized spacial score (nSPS) is 22.2. The van der Waals surface area contributed by atoms with Crippen molar-refractivity contribution in [3.63, 3.8) is 0 Å². The first kappa shape index (κ1) is 22.2. The number of alkyl halides is 3. The van der Waals surface area contributed by atoms with Crippen LogP contribution in [0, 0.1) is 6.92 Å². The Hall–Kier alpha value is -3.34. The highest BCUT2D eigenvalue weighted by atomic mass is 79.9. The molecule has 11 heteroatoms. The summed E-state index contributed by atoms with van der Waals surface area (Å²) >= 11 is 3.33. The lowest BCUT2D eigenvalue weighted by atomic mass is 9.92. The van der Waals surface area contributed by atoms with Gasteiger partial charge < -0.3 is 19.7 Å². The molecule has 2 aromatic carbocycles. The molecular formula is C31H35BrF3N3O4. The minimum atomic E-state index is -5.04. The molecular weight excluding hydrogens is 615 g/mol. The van der Waals surface area contributed by atoms with Gasteiger partial charge in [-0.05, 0) is 76.7 Å². The van der Waals surface area contributed by atoms with E-state index in [0.717, 1.165) is 6.07 Å². The molecule has 0 spiro atoms. The van der Waals surface area contributed by atoms with Gasteiger partial charge in [0, 0.05) is 58.3 Å². The molecule has 1 aliphatic rings. The third kappa shape index (κ3) is 8.14. The molecule has 1 fully saturated rings. The van der Waals surface area contributed by atoms with Gasteiger partial charge in [0.25, 0.3) is 5.91 Å². The van der Waals surface area contributed by atoms with E-state index < -0.39 is 67.1 Å². The van der Waals surface area contributed by atoms with E-state index in [-0.39, 0.29) is 51.9 Å². The van der Waals surface area contributed by atoms with E-state index in [0.29, 0.717) is 4.47 Å². The van der Waals surface area contributed by atoms with Gasteiger partial charge in [0.2, 0.25) is 0 Å². The Morgan fingerprint density at radius 1 is 1.14 bits per heavy atom. The first-order chi connectivity index (χ1) is 22.7. The Morgan fingerprint density at radius 3 is 2.50 bits per heavy atom. The lowest BCUT2D eigenvalue weighted by Crippen LogP contribution is -2.31. The van der Waals surface area contributed by atoms with Crippen LogP contribution in [0.25, 0.3) is 10.9 Å². The zero-order valence-corrected chi connectivity index (χ0v) is 24.9. The number of anilines is 1. The van der Waals surface area contributed by atoms with E-state index in [1.165, 1.54) is 37.3 Å². The van der Waals surface area contributed by atoms with Crippen molar-refractivity contribution in [3.05, 3.63) is 63.6 Å². The van der Waals surface area contributed by atoms with Gasteiger partial charge in [0.05, 0.1) is 11.1 Å². The van der Waals surface area contributed by atoms with Crippen molar-refractivity contribution < 1.29 is 43.2 Å². The van der Waals surface area contributed by atoms with Crippen LogP contribution in [0.15, 0.2) is 46.9 Å². The topological polar surface area (TPSA) is 80.8 Å². The number of halogens is 4. The summed E-state index contributed by atoms with van der Waals surface area (Å²) in [6.07, 6.45) is -12.1. The van der Waals surface area contributed by atoms with E-state index >= 15 is 0 Å². The number of hydrogen-bond acceptors (Lipinski definition) is 6. The number of pyridine rings is 1. The molecule has 1 aliphatic heterocycles. The number of esters is 1. The van der Waals surface area contributed by atoms with Gasteiger partial charge in [0.15, 0.2) is 0 Å². The quantitative estimate of drug-likeness (QED) is 0.241. The molecule has 3 aromatic rings. The largest absolute Gasteiger partial charge is 0.573 e. The predicted molar refractivity (Wildman–Crippen MR) is 159 cm³/mol. The zero-order valence-electron chi connectivity index (χ0n) is 31.3. The van der Waals surface area contributed by atoms with Crippen LogP contribution in [0.2, 0.25) is 0 Å². The van der Waals surface area contributed by atoms with Gasteiger partial charge >= 0.3 is 12.3 Å². The van der Waals surface area contributed by atoms with Gasteiger partial charge in [-0.25, -0.2) is 4.98 Å². The van der Waals surface area contributed by atoms with Crippen LogP contribution in [0.4, 0.5) is 19.0 Å². The van der Waals surface area contributed by atoms with Gasteiger partial charge in [-0.15, -0.1) is 13.2 Å². The molecule has 2 heterocycles. The number of nitrogens with zero attached hydrogens (tertiary/aromatic N) is 2. The molecule has 42 heavy (non-hydrogen) atoms. The molecule has 1 N–H and O–H groups in total. The third-order valence-electron chi connectivity index (χ3n) is 6.21. The molecule has 0 aliphatic carbocycles. The molecule has 0 saturated carbocycles. The number of aromatic nitrogens is 1. The van der Waals surface area contributed by atoms with Crippen molar-refractivity contribution in [2.45, 2.75) is 71.2 Å². The first-order valence-electron chi connectivity index (χ1n) is 17.0. The van der Waals surface area contributed by atoms with Crippen LogP contribution in [-0.2, 0) is 9.53 Å². The Morgan fingerprint density at radius 2 is 1.83 bits per heavy atom. The fourth-order valence-corrected chi connectivity index (χ4v) is 4.88. The van der Waals surface area contributed by atoms with E-state index in [1.54, 1.807) is 26.8 Å². The number of ether oxygens (including phenoxy) is 2. The van der Waals surface area contributed by atoms with E-state index in [1.807, 2.05) is 0 Å². The molecule has 4 rings (SSSR count). The molecule has 1 saturated heterocycles. The van der Waals surface area contributed by atoms with Crippen LogP contribution >= 0.6 is 15.9 Å². The fraction of sp³-hybridized carbons (Fsp3) is 0.452. The molecule has 1 unspecified atom stereocenters. The number of nitrogens with one attached hydrogen (secondary N) is 1. The highest BCUT2D eigenvalue weighted by Crippen LogP contribution is 2.35. The molecule has 1 amide bonds. The second kappa shape index (κ2) is 12.9. The number of amides is 1. The number of carbonyl (C=O) groups excluding carboxylic acids is 2. The van der Waals surface area contributed by atoms with Crippen molar-refractivity contribution in [1.29, 1.82) is 0 Å². The summed E-state index contributed by atoms with van der Waals surface area (Å²) in [6.45, 7) is -0.617. The summed E-state index contributed by atoms with van der Waals surface area (Å²) in [7, 11) is 0. The second-order valence-corrected chi connectivity index (χ2v) is 11.4. The van der Waals surface area contributed by atoms with Gasteiger partial charge in [-0.2, -0.15) is 0 Å². The van der Waals surface area contributed by atoms with E-state index in [2.05, 4.69) is 31.0 Å². The van der Waals surface area contributed by atoms with E-state index in [9.17, 15) is 22.8 Å².